The van der Waals surface area contributed by atoms with Gasteiger partial charge in [0.2, 0.25) is 0 Å². The molecule has 0 fully saturated rings. The largest absolute Gasteiger partial charge is 0.497 e. The summed E-state index contributed by atoms with van der Waals surface area (Å²) in [6.07, 6.45) is 1.74. The summed E-state index contributed by atoms with van der Waals surface area (Å²) in [5, 5.41) is 0.527. The summed E-state index contributed by atoms with van der Waals surface area (Å²) in [5.41, 5.74) is 2.34. The average molecular weight is 589 g/mol. The Bertz CT molecular complexity index is 1820. The summed E-state index contributed by atoms with van der Waals surface area (Å²) in [6, 6.07) is 19.7. The molecule has 1 atom stereocenters. The van der Waals surface area contributed by atoms with E-state index in [9.17, 15) is 14.4 Å². The van der Waals surface area contributed by atoms with E-state index in [0.29, 0.717) is 42.7 Å². The predicted octanol–water partition coefficient (Wildman–Crippen LogP) is 4.68. The molecule has 0 unspecified atom stereocenters. The summed E-state index contributed by atoms with van der Waals surface area (Å²) >= 11 is 7.11. The third kappa shape index (κ3) is 5.86. The number of nitrogens with zero attached hydrogens (tertiary/aromatic N) is 2. The Balaban J connectivity index is 1.50. The Labute approximate surface area is 244 Å². The van der Waals surface area contributed by atoms with Crippen LogP contribution in [-0.2, 0) is 9.53 Å². The average Bonchev–Trinajstić information content (AvgIpc) is 3.27. The van der Waals surface area contributed by atoms with Gasteiger partial charge in [-0.2, -0.15) is 0 Å². The van der Waals surface area contributed by atoms with E-state index in [0.717, 1.165) is 11.1 Å². The zero-order valence-electron chi connectivity index (χ0n) is 22.4. The molecule has 0 bridgehead atoms. The van der Waals surface area contributed by atoms with Crippen molar-refractivity contribution in [2.75, 3.05) is 13.7 Å². The lowest BCUT2D eigenvalue weighted by atomic mass is 9.96. The Hall–Kier alpha value is -4.47. The summed E-state index contributed by atoms with van der Waals surface area (Å²) in [6.45, 7) is 3.67. The lowest BCUT2D eigenvalue weighted by Crippen LogP contribution is -2.39. The SMILES string of the molecule is CCOC(=O)C1=C(C)N=c2s/c(=C\c3ccc(OC(=O)c4ccc(Cl)cc4)cc3)c(=O)n2[C@H]1c1ccc(OC)cc1. The molecule has 2 heterocycles. The predicted molar refractivity (Wildman–Crippen MR) is 156 cm³/mol. The second kappa shape index (κ2) is 12.0. The fourth-order valence-corrected chi connectivity index (χ4v) is 5.60. The van der Waals surface area contributed by atoms with E-state index in [1.165, 1.54) is 15.9 Å². The summed E-state index contributed by atoms with van der Waals surface area (Å²) in [5.74, 6) is -0.0128. The van der Waals surface area contributed by atoms with E-state index in [-0.39, 0.29) is 12.2 Å². The lowest BCUT2D eigenvalue weighted by molar-refractivity contribution is -0.139. The number of thiazole rings is 1. The summed E-state index contributed by atoms with van der Waals surface area (Å²) in [4.78, 5) is 44.3. The molecular formula is C31H25ClN2O6S. The molecule has 0 aliphatic carbocycles. The number of esters is 2. The van der Waals surface area contributed by atoms with Crippen LogP contribution in [-0.4, -0.2) is 30.2 Å². The number of aromatic nitrogens is 1. The van der Waals surface area contributed by atoms with Gasteiger partial charge >= 0.3 is 11.9 Å². The molecule has 0 saturated heterocycles. The Morgan fingerprint density at radius 3 is 2.27 bits per heavy atom. The maximum absolute atomic E-state index is 13.8. The molecule has 1 aromatic heterocycles. The molecule has 41 heavy (non-hydrogen) atoms. The van der Waals surface area contributed by atoms with Crippen LogP contribution in [0, 0.1) is 0 Å². The van der Waals surface area contributed by atoms with Crippen molar-refractivity contribution in [3.05, 3.63) is 125 Å². The molecule has 0 radical (unpaired) electrons. The van der Waals surface area contributed by atoms with Gasteiger partial charge < -0.3 is 14.2 Å². The highest BCUT2D eigenvalue weighted by molar-refractivity contribution is 7.07. The van der Waals surface area contributed by atoms with Crippen molar-refractivity contribution in [1.29, 1.82) is 0 Å². The normalized spacial score (nSPS) is 14.7. The van der Waals surface area contributed by atoms with Crippen molar-refractivity contribution < 1.29 is 23.8 Å². The molecule has 0 saturated carbocycles. The molecule has 1 aliphatic heterocycles. The van der Waals surface area contributed by atoms with Gasteiger partial charge in [-0.05, 0) is 79.6 Å². The highest BCUT2D eigenvalue weighted by Crippen LogP contribution is 2.31. The van der Waals surface area contributed by atoms with Crippen molar-refractivity contribution in [3.8, 4) is 11.5 Å². The number of ether oxygens (including phenoxy) is 3. The van der Waals surface area contributed by atoms with Gasteiger partial charge in [-0.1, -0.05) is 47.2 Å². The van der Waals surface area contributed by atoms with Crippen LogP contribution in [0.4, 0.5) is 0 Å². The minimum atomic E-state index is -0.715. The van der Waals surface area contributed by atoms with E-state index in [4.69, 9.17) is 25.8 Å². The fraction of sp³-hybridized carbons (Fsp3) is 0.161. The number of carbonyl (C=O) groups is 2. The number of benzene rings is 3. The van der Waals surface area contributed by atoms with Gasteiger partial charge in [-0.15, -0.1) is 0 Å². The number of hydrogen-bond donors (Lipinski definition) is 0. The van der Waals surface area contributed by atoms with Crippen LogP contribution in [0.5, 0.6) is 11.5 Å². The van der Waals surface area contributed by atoms with Gasteiger partial charge in [0, 0.05) is 5.02 Å². The Morgan fingerprint density at radius 2 is 1.63 bits per heavy atom. The fourth-order valence-electron chi connectivity index (χ4n) is 4.43. The van der Waals surface area contributed by atoms with Crippen LogP contribution in [0.2, 0.25) is 5.02 Å². The van der Waals surface area contributed by atoms with E-state index < -0.39 is 18.0 Å². The van der Waals surface area contributed by atoms with Gasteiger partial charge in [0.05, 0.1) is 41.1 Å². The Morgan fingerprint density at radius 1 is 0.976 bits per heavy atom. The highest BCUT2D eigenvalue weighted by atomic mass is 35.5. The molecule has 1 aliphatic rings. The molecule has 0 spiro atoms. The van der Waals surface area contributed by atoms with Crippen LogP contribution in [0.1, 0.15) is 41.4 Å². The van der Waals surface area contributed by atoms with Crippen molar-refractivity contribution in [2.24, 2.45) is 4.99 Å². The summed E-state index contributed by atoms with van der Waals surface area (Å²) < 4.78 is 18.0. The number of allylic oxidation sites excluding steroid dienone is 1. The molecule has 10 heteroatoms. The zero-order chi connectivity index (χ0) is 29.1. The Kier molecular flexibility index (Phi) is 8.19. The first kappa shape index (κ1) is 28.1. The number of methoxy groups -OCH3 is 1. The van der Waals surface area contributed by atoms with Crippen molar-refractivity contribution in [2.45, 2.75) is 19.9 Å². The van der Waals surface area contributed by atoms with Crippen LogP contribution in [0.25, 0.3) is 6.08 Å². The van der Waals surface area contributed by atoms with Gasteiger partial charge in [-0.25, -0.2) is 14.6 Å². The maximum Gasteiger partial charge on any atom is 0.343 e. The number of fused-ring (bicyclic) bond motifs is 1. The number of carbonyl (C=O) groups excluding carboxylic acids is 2. The van der Waals surface area contributed by atoms with Crippen molar-refractivity contribution >= 4 is 41.0 Å². The molecular weight excluding hydrogens is 564 g/mol. The van der Waals surface area contributed by atoms with E-state index in [1.54, 1.807) is 87.7 Å². The first-order chi connectivity index (χ1) is 19.8. The van der Waals surface area contributed by atoms with Gasteiger partial charge in [0.25, 0.3) is 5.56 Å². The van der Waals surface area contributed by atoms with Gasteiger partial charge in [0.15, 0.2) is 4.80 Å². The highest BCUT2D eigenvalue weighted by Gasteiger charge is 2.33. The smallest absolute Gasteiger partial charge is 0.343 e. The summed E-state index contributed by atoms with van der Waals surface area (Å²) in [7, 11) is 1.57. The topological polar surface area (TPSA) is 96.2 Å². The van der Waals surface area contributed by atoms with Crippen LogP contribution in [0.3, 0.4) is 0 Å². The van der Waals surface area contributed by atoms with Crippen LogP contribution >= 0.6 is 22.9 Å². The molecule has 0 amide bonds. The van der Waals surface area contributed by atoms with Crippen molar-refractivity contribution in [1.82, 2.24) is 4.57 Å². The van der Waals surface area contributed by atoms with Crippen molar-refractivity contribution in [3.63, 3.8) is 0 Å². The first-order valence-corrected chi connectivity index (χ1v) is 13.9. The molecule has 8 nitrogen and oxygen atoms in total. The van der Waals surface area contributed by atoms with Crippen LogP contribution < -0.4 is 24.4 Å². The quantitative estimate of drug-likeness (QED) is 0.230. The second-order valence-corrected chi connectivity index (χ2v) is 10.5. The molecule has 3 aromatic carbocycles. The third-order valence-corrected chi connectivity index (χ3v) is 7.65. The maximum atomic E-state index is 13.8. The first-order valence-electron chi connectivity index (χ1n) is 12.7. The van der Waals surface area contributed by atoms with Gasteiger partial charge in [0.1, 0.15) is 11.5 Å². The van der Waals surface area contributed by atoms with Crippen LogP contribution in [0.15, 0.2) is 93.9 Å². The number of halogens is 1. The lowest BCUT2D eigenvalue weighted by Gasteiger charge is -2.24. The minimum Gasteiger partial charge on any atom is -0.497 e. The second-order valence-electron chi connectivity index (χ2n) is 9.04. The third-order valence-electron chi connectivity index (χ3n) is 6.42. The number of rotatable bonds is 7. The standard InChI is InChI=1S/C31H25ClN2O6S/c1-4-39-30(37)26-18(2)33-31-34(27(26)20-9-15-23(38-3)16-10-20)28(35)25(41-31)17-19-5-13-24(14-6-19)40-29(36)21-7-11-22(32)12-8-21/h5-17,27H,4H2,1-3H3/b25-17-/t27-/m0/s1. The molecule has 0 N–H and O–H groups in total. The molecule has 208 valence electrons. The number of hydrogen-bond acceptors (Lipinski definition) is 8. The molecule has 4 aromatic rings. The molecule has 5 rings (SSSR count). The van der Waals surface area contributed by atoms with Gasteiger partial charge in [-0.3, -0.25) is 9.36 Å². The van der Waals surface area contributed by atoms with E-state index in [1.807, 2.05) is 12.1 Å². The van der Waals surface area contributed by atoms with E-state index in [2.05, 4.69) is 4.99 Å². The monoisotopic (exact) mass is 588 g/mol. The van der Waals surface area contributed by atoms with E-state index >= 15 is 0 Å². The zero-order valence-corrected chi connectivity index (χ0v) is 24.0. The minimum absolute atomic E-state index is 0.195.